The molecule has 2 aromatic heterocycles. The van der Waals surface area contributed by atoms with Gasteiger partial charge in [-0.05, 0) is 25.7 Å². The molecule has 0 unspecified atom stereocenters. The highest BCUT2D eigenvalue weighted by atomic mass is 16.6. The van der Waals surface area contributed by atoms with Gasteiger partial charge < -0.3 is 15.4 Å². The Balaban J connectivity index is 1.85. The fourth-order valence-corrected chi connectivity index (χ4v) is 2.28. The largest absolute Gasteiger partial charge is 0.390 e. The minimum absolute atomic E-state index is 0.133. The number of hydrogen-bond donors (Lipinski definition) is 1. The van der Waals surface area contributed by atoms with Crippen LogP contribution in [0, 0.1) is 24.0 Å². The first-order valence-corrected chi connectivity index (χ1v) is 7.39. The van der Waals surface area contributed by atoms with Crippen LogP contribution in [-0.2, 0) is 24.4 Å². The quantitative estimate of drug-likeness (QED) is 0.611. The summed E-state index contributed by atoms with van der Waals surface area (Å²) in [4.78, 5) is 22.0. The predicted molar refractivity (Wildman–Crippen MR) is 82.7 cm³/mol. The summed E-state index contributed by atoms with van der Waals surface area (Å²) in [5, 5.41) is 21.6. The SMILES string of the molecule is CCn1ncc(CNC(=O)CCn2nc([N+](=O)[O-])cc2C)c1C. The lowest BCUT2D eigenvalue weighted by molar-refractivity contribution is -0.389. The smallest absolute Gasteiger partial charge is 0.358 e. The third-order valence-corrected chi connectivity index (χ3v) is 3.69. The molecule has 2 rings (SSSR count). The third-order valence-electron chi connectivity index (χ3n) is 3.69. The van der Waals surface area contributed by atoms with E-state index in [1.807, 2.05) is 18.5 Å². The van der Waals surface area contributed by atoms with Crippen molar-refractivity contribution in [2.24, 2.45) is 0 Å². The van der Waals surface area contributed by atoms with Crippen LogP contribution in [-0.4, -0.2) is 30.4 Å². The number of aryl methyl sites for hydroxylation is 3. The normalized spacial score (nSPS) is 10.7. The molecule has 0 fully saturated rings. The maximum Gasteiger partial charge on any atom is 0.390 e. The first-order valence-electron chi connectivity index (χ1n) is 7.39. The Morgan fingerprint density at radius 1 is 1.39 bits per heavy atom. The minimum atomic E-state index is -0.544. The van der Waals surface area contributed by atoms with E-state index in [1.54, 1.807) is 13.1 Å². The van der Waals surface area contributed by atoms with Gasteiger partial charge in [-0.3, -0.25) is 9.48 Å². The zero-order valence-electron chi connectivity index (χ0n) is 13.4. The van der Waals surface area contributed by atoms with E-state index >= 15 is 0 Å². The summed E-state index contributed by atoms with van der Waals surface area (Å²) < 4.78 is 3.34. The van der Waals surface area contributed by atoms with E-state index in [1.165, 1.54) is 10.7 Å². The van der Waals surface area contributed by atoms with Crippen LogP contribution in [0.2, 0.25) is 0 Å². The second-order valence-electron chi connectivity index (χ2n) is 5.22. The average molecular weight is 320 g/mol. The number of nitrogens with one attached hydrogen (secondary N) is 1. The fourth-order valence-electron chi connectivity index (χ4n) is 2.28. The summed E-state index contributed by atoms with van der Waals surface area (Å²) in [5.41, 5.74) is 2.67. The molecule has 23 heavy (non-hydrogen) atoms. The highest BCUT2D eigenvalue weighted by molar-refractivity contribution is 5.75. The first kappa shape index (κ1) is 16.7. The number of rotatable bonds is 7. The highest BCUT2D eigenvalue weighted by Gasteiger charge is 2.16. The van der Waals surface area contributed by atoms with Gasteiger partial charge in [-0.15, -0.1) is 0 Å². The van der Waals surface area contributed by atoms with Crippen molar-refractivity contribution < 1.29 is 9.72 Å². The molecule has 0 aliphatic rings. The van der Waals surface area contributed by atoms with Crippen molar-refractivity contribution in [3.8, 4) is 0 Å². The topological polar surface area (TPSA) is 108 Å². The van der Waals surface area contributed by atoms with Crippen molar-refractivity contribution >= 4 is 11.7 Å². The van der Waals surface area contributed by atoms with Gasteiger partial charge in [0.15, 0.2) is 0 Å². The first-order chi connectivity index (χ1) is 10.9. The molecule has 0 aliphatic heterocycles. The summed E-state index contributed by atoms with van der Waals surface area (Å²) in [6.07, 6.45) is 1.96. The molecule has 0 saturated carbocycles. The van der Waals surface area contributed by atoms with Crippen LogP contribution in [0.5, 0.6) is 0 Å². The van der Waals surface area contributed by atoms with Crippen molar-refractivity contribution in [1.82, 2.24) is 24.9 Å². The van der Waals surface area contributed by atoms with Gasteiger partial charge in [0.25, 0.3) is 0 Å². The van der Waals surface area contributed by atoms with Gasteiger partial charge in [-0.25, -0.2) is 0 Å². The van der Waals surface area contributed by atoms with E-state index in [2.05, 4.69) is 15.5 Å². The van der Waals surface area contributed by atoms with E-state index in [0.29, 0.717) is 18.8 Å². The van der Waals surface area contributed by atoms with Crippen LogP contribution in [0.15, 0.2) is 12.3 Å². The molecule has 1 N–H and O–H groups in total. The average Bonchev–Trinajstić information content (AvgIpc) is 3.06. The molecule has 0 radical (unpaired) electrons. The second kappa shape index (κ2) is 7.03. The summed E-state index contributed by atoms with van der Waals surface area (Å²) in [6.45, 7) is 7.21. The van der Waals surface area contributed by atoms with Crippen molar-refractivity contribution in [3.05, 3.63) is 39.3 Å². The second-order valence-corrected chi connectivity index (χ2v) is 5.22. The van der Waals surface area contributed by atoms with Crippen molar-refractivity contribution in [3.63, 3.8) is 0 Å². The molecular weight excluding hydrogens is 300 g/mol. The Hall–Kier alpha value is -2.71. The Labute approximate surface area is 133 Å². The van der Waals surface area contributed by atoms with Crippen molar-refractivity contribution in [1.29, 1.82) is 0 Å². The van der Waals surface area contributed by atoms with Gasteiger partial charge in [-0.2, -0.15) is 9.78 Å². The van der Waals surface area contributed by atoms with E-state index < -0.39 is 4.92 Å². The number of carbonyl (C=O) groups excluding carboxylic acids is 1. The van der Waals surface area contributed by atoms with Gasteiger partial charge in [0.1, 0.15) is 0 Å². The molecule has 0 bridgehead atoms. The lowest BCUT2D eigenvalue weighted by atomic mass is 10.2. The van der Waals surface area contributed by atoms with E-state index in [9.17, 15) is 14.9 Å². The van der Waals surface area contributed by atoms with E-state index in [0.717, 1.165) is 17.8 Å². The van der Waals surface area contributed by atoms with Crippen molar-refractivity contribution in [2.75, 3.05) is 0 Å². The van der Waals surface area contributed by atoms with Crippen LogP contribution in [0.3, 0.4) is 0 Å². The zero-order chi connectivity index (χ0) is 17.0. The Morgan fingerprint density at radius 3 is 2.70 bits per heavy atom. The molecule has 0 atom stereocenters. The molecular formula is C14H20N6O3. The van der Waals surface area contributed by atoms with E-state index in [-0.39, 0.29) is 18.1 Å². The van der Waals surface area contributed by atoms with Gasteiger partial charge in [0.2, 0.25) is 5.91 Å². The fraction of sp³-hybridized carbons (Fsp3) is 0.500. The monoisotopic (exact) mass is 320 g/mol. The van der Waals surface area contributed by atoms with Gasteiger partial charge in [0, 0.05) is 30.8 Å². The molecule has 2 heterocycles. The summed E-state index contributed by atoms with van der Waals surface area (Å²) in [7, 11) is 0. The molecule has 0 aliphatic carbocycles. The number of aromatic nitrogens is 4. The number of carbonyl (C=O) groups is 1. The molecule has 124 valence electrons. The molecule has 9 nitrogen and oxygen atoms in total. The number of nitro groups is 1. The number of nitrogens with zero attached hydrogens (tertiary/aromatic N) is 5. The Kier molecular flexibility index (Phi) is 5.09. The summed E-state index contributed by atoms with van der Waals surface area (Å²) in [6, 6.07) is 1.39. The van der Waals surface area contributed by atoms with Crippen LogP contribution >= 0.6 is 0 Å². The zero-order valence-corrected chi connectivity index (χ0v) is 13.4. The predicted octanol–water partition coefficient (Wildman–Crippen LogP) is 1.33. The molecule has 0 aromatic carbocycles. The van der Waals surface area contributed by atoms with Crippen molar-refractivity contribution in [2.45, 2.75) is 46.8 Å². The third kappa shape index (κ3) is 3.93. The molecule has 1 amide bonds. The van der Waals surface area contributed by atoms with Crippen LogP contribution in [0.4, 0.5) is 5.82 Å². The minimum Gasteiger partial charge on any atom is -0.358 e. The number of amides is 1. The van der Waals surface area contributed by atoms with Crippen LogP contribution in [0.1, 0.15) is 30.3 Å². The molecule has 2 aromatic rings. The Morgan fingerprint density at radius 2 is 2.13 bits per heavy atom. The van der Waals surface area contributed by atoms with Gasteiger partial charge >= 0.3 is 5.82 Å². The molecule has 0 saturated heterocycles. The summed E-state index contributed by atoms with van der Waals surface area (Å²) in [5.74, 6) is -0.336. The molecule has 9 heteroatoms. The molecule has 0 spiro atoms. The maximum absolute atomic E-state index is 11.9. The number of hydrogen-bond acceptors (Lipinski definition) is 5. The van der Waals surface area contributed by atoms with Crippen LogP contribution in [0.25, 0.3) is 0 Å². The standard InChI is InChI=1S/C14H20N6O3/c1-4-18-11(3)12(9-16-18)8-15-14(21)5-6-19-10(2)7-13(17-19)20(22)23/h7,9H,4-6,8H2,1-3H3,(H,15,21). The summed E-state index contributed by atoms with van der Waals surface area (Å²) >= 11 is 0. The highest BCUT2D eigenvalue weighted by Crippen LogP contribution is 2.11. The van der Waals surface area contributed by atoms with Crippen LogP contribution < -0.4 is 5.32 Å². The van der Waals surface area contributed by atoms with E-state index in [4.69, 9.17) is 0 Å². The maximum atomic E-state index is 11.9. The lowest BCUT2D eigenvalue weighted by Crippen LogP contribution is -2.24. The van der Waals surface area contributed by atoms with Gasteiger partial charge in [0.05, 0.1) is 29.6 Å². The van der Waals surface area contributed by atoms with Gasteiger partial charge in [-0.1, -0.05) is 0 Å². The Bertz CT molecular complexity index is 718. The lowest BCUT2D eigenvalue weighted by Gasteiger charge is -2.05.